The highest BCUT2D eigenvalue weighted by atomic mass is 16.1. The van der Waals surface area contributed by atoms with Crippen molar-refractivity contribution in [3.8, 4) is 0 Å². The highest BCUT2D eigenvalue weighted by Gasteiger charge is 2.24. The Morgan fingerprint density at radius 1 is 0.417 bits per heavy atom. The van der Waals surface area contributed by atoms with Crippen LogP contribution in [0.4, 0.5) is 0 Å². The first-order valence-electron chi connectivity index (χ1n) is 11.8. The number of nitrogens with zero attached hydrogens (tertiary/aromatic N) is 3. The van der Waals surface area contributed by atoms with Crippen molar-refractivity contribution in [2.24, 2.45) is 21.1 Å². The van der Waals surface area contributed by atoms with Gasteiger partial charge in [-0.05, 0) is 36.4 Å². The lowest BCUT2D eigenvalue weighted by Crippen LogP contribution is -2.20. The van der Waals surface area contributed by atoms with Crippen LogP contribution in [-0.4, -0.2) is 13.7 Å². The van der Waals surface area contributed by atoms with Gasteiger partial charge in [-0.1, -0.05) is 36.4 Å². The van der Waals surface area contributed by atoms with Crippen LogP contribution < -0.4 is 16.3 Å². The molecule has 6 nitrogen and oxygen atoms in total. The molecular weight excluding hydrogens is 450 g/mol. The number of aryl methyl sites for hydroxylation is 3. The van der Waals surface area contributed by atoms with E-state index in [1.165, 1.54) is 0 Å². The molecule has 0 fully saturated rings. The molecule has 0 aliphatic carbocycles. The van der Waals surface area contributed by atoms with Crippen molar-refractivity contribution in [1.82, 2.24) is 13.7 Å². The van der Waals surface area contributed by atoms with Gasteiger partial charge in [-0.25, -0.2) is 0 Å². The van der Waals surface area contributed by atoms with Gasteiger partial charge in [0.25, 0.3) is 0 Å². The van der Waals surface area contributed by atoms with Crippen molar-refractivity contribution in [3.05, 3.63) is 103 Å². The first-order valence-corrected chi connectivity index (χ1v) is 11.8. The van der Waals surface area contributed by atoms with Gasteiger partial charge < -0.3 is 13.7 Å². The molecule has 0 saturated carbocycles. The number of pyridine rings is 3. The highest BCUT2D eigenvalue weighted by Crippen LogP contribution is 2.34. The molecular formula is C30H21N3O3. The minimum absolute atomic E-state index is 0.189. The van der Waals surface area contributed by atoms with Gasteiger partial charge in [0.1, 0.15) is 0 Å². The average Bonchev–Trinajstić information content (AvgIpc) is 2.92. The van der Waals surface area contributed by atoms with Crippen LogP contribution in [0.15, 0.2) is 87.2 Å². The van der Waals surface area contributed by atoms with Crippen molar-refractivity contribution >= 4 is 65.4 Å². The van der Waals surface area contributed by atoms with Gasteiger partial charge in [0, 0.05) is 37.3 Å². The molecule has 36 heavy (non-hydrogen) atoms. The van der Waals surface area contributed by atoms with Crippen LogP contribution in [-0.2, 0) is 21.1 Å². The Hall–Kier alpha value is -4.71. The first kappa shape index (κ1) is 20.6. The molecule has 0 atom stereocenters. The molecule has 0 aliphatic heterocycles. The predicted molar refractivity (Wildman–Crippen MR) is 147 cm³/mol. The van der Waals surface area contributed by atoms with E-state index in [4.69, 9.17) is 0 Å². The molecule has 0 bridgehead atoms. The number of aromatic nitrogens is 3. The summed E-state index contributed by atoms with van der Waals surface area (Å²) in [6, 6.07) is 22.2. The average molecular weight is 472 g/mol. The Labute approximate surface area is 203 Å². The van der Waals surface area contributed by atoms with Crippen molar-refractivity contribution in [1.29, 1.82) is 0 Å². The Morgan fingerprint density at radius 2 is 0.667 bits per heavy atom. The molecule has 7 rings (SSSR count). The molecule has 0 aliphatic rings. The molecule has 0 spiro atoms. The van der Waals surface area contributed by atoms with Crippen LogP contribution in [0.25, 0.3) is 65.4 Å². The van der Waals surface area contributed by atoms with E-state index in [1.807, 2.05) is 89.4 Å². The standard InChI is InChI=1S/C30H21N3O3/c1-31-19-13-7-4-10-16(19)28(34)22-25(31)23-27(32(2)20-14-8-5-11-17(20)29(23)35)24-26(22)33(3)21-15-9-6-12-18(21)30(24)36/h4-15H,1-3H3. The van der Waals surface area contributed by atoms with E-state index in [9.17, 15) is 14.4 Å². The predicted octanol–water partition coefficient (Wildman–Crippen LogP) is 4.70. The lowest BCUT2D eigenvalue weighted by molar-refractivity contribution is 0.982. The molecule has 7 aromatic rings. The molecule has 6 heteroatoms. The normalized spacial score (nSPS) is 12.1. The summed E-state index contributed by atoms with van der Waals surface area (Å²) in [6.45, 7) is 0. The van der Waals surface area contributed by atoms with Crippen molar-refractivity contribution in [3.63, 3.8) is 0 Å². The Balaban J connectivity index is 2.04. The number of para-hydroxylation sites is 3. The van der Waals surface area contributed by atoms with Gasteiger partial charge >= 0.3 is 0 Å². The summed E-state index contributed by atoms with van der Waals surface area (Å²) in [5.74, 6) is 0. The van der Waals surface area contributed by atoms with E-state index in [0.29, 0.717) is 48.9 Å². The number of hydrogen-bond acceptors (Lipinski definition) is 3. The summed E-state index contributed by atoms with van der Waals surface area (Å²) in [7, 11) is 5.63. The molecule has 174 valence electrons. The zero-order valence-electron chi connectivity index (χ0n) is 20.0. The Bertz CT molecular complexity index is 2010. The summed E-state index contributed by atoms with van der Waals surface area (Å²) in [6.07, 6.45) is 0. The van der Waals surface area contributed by atoms with E-state index >= 15 is 0 Å². The van der Waals surface area contributed by atoms with Gasteiger partial charge in [0.2, 0.25) is 0 Å². The van der Waals surface area contributed by atoms with Crippen LogP contribution in [0.5, 0.6) is 0 Å². The van der Waals surface area contributed by atoms with Crippen LogP contribution >= 0.6 is 0 Å². The summed E-state index contributed by atoms with van der Waals surface area (Å²) in [5.41, 5.74) is 3.25. The van der Waals surface area contributed by atoms with E-state index in [0.717, 1.165) is 16.6 Å². The van der Waals surface area contributed by atoms with Crippen molar-refractivity contribution < 1.29 is 0 Å². The summed E-state index contributed by atoms with van der Waals surface area (Å²) in [5, 5.41) is 2.80. The molecule has 0 amide bonds. The lowest BCUT2D eigenvalue weighted by atomic mass is 9.97. The fourth-order valence-corrected chi connectivity index (χ4v) is 6.00. The fraction of sp³-hybridized carbons (Fsp3) is 0.100. The third-order valence-electron chi connectivity index (χ3n) is 7.64. The van der Waals surface area contributed by atoms with Gasteiger partial charge in [-0.3, -0.25) is 14.4 Å². The smallest absolute Gasteiger partial charge is 0.199 e. The summed E-state index contributed by atoms with van der Waals surface area (Å²) < 4.78 is 5.76. The quantitative estimate of drug-likeness (QED) is 0.238. The first-order chi connectivity index (χ1) is 17.4. The molecule has 3 aromatic heterocycles. The van der Waals surface area contributed by atoms with E-state index in [-0.39, 0.29) is 16.3 Å². The third kappa shape index (κ3) is 2.33. The maximum atomic E-state index is 14.1. The minimum Gasteiger partial charge on any atom is -0.343 e. The van der Waals surface area contributed by atoms with E-state index in [1.54, 1.807) is 18.2 Å². The molecule has 4 aromatic carbocycles. The largest absolute Gasteiger partial charge is 0.343 e. The van der Waals surface area contributed by atoms with Gasteiger partial charge in [0.05, 0.1) is 49.3 Å². The number of hydrogen-bond donors (Lipinski definition) is 0. The van der Waals surface area contributed by atoms with E-state index in [2.05, 4.69) is 0 Å². The van der Waals surface area contributed by atoms with Gasteiger partial charge in [0.15, 0.2) is 16.3 Å². The van der Waals surface area contributed by atoms with Crippen molar-refractivity contribution in [2.75, 3.05) is 0 Å². The second-order valence-electron chi connectivity index (χ2n) is 9.39. The Morgan fingerprint density at radius 3 is 0.944 bits per heavy atom. The highest BCUT2D eigenvalue weighted by molar-refractivity contribution is 6.26. The Kier molecular flexibility index (Phi) is 3.97. The zero-order valence-corrected chi connectivity index (χ0v) is 20.0. The summed E-state index contributed by atoms with van der Waals surface area (Å²) >= 11 is 0. The van der Waals surface area contributed by atoms with Crippen LogP contribution in [0.2, 0.25) is 0 Å². The second-order valence-corrected chi connectivity index (χ2v) is 9.39. The molecule has 0 saturated heterocycles. The topological polar surface area (TPSA) is 66.0 Å². The SMILES string of the molecule is Cn1c2ccccc2c(=O)c2c1c1c(=O)c3ccccc3n(C)c1c1c(=O)c3ccccc3n(C)c21. The molecule has 0 N–H and O–H groups in total. The second kappa shape index (κ2) is 6.92. The number of rotatable bonds is 0. The lowest BCUT2D eigenvalue weighted by Gasteiger charge is -2.20. The van der Waals surface area contributed by atoms with Crippen LogP contribution in [0.3, 0.4) is 0 Å². The summed E-state index contributed by atoms with van der Waals surface area (Å²) in [4.78, 5) is 42.4. The molecule has 0 radical (unpaired) electrons. The molecule has 3 heterocycles. The fourth-order valence-electron chi connectivity index (χ4n) is 6.00. The van der Waals surface area contributed by atoms with Crippen LogP contribution in [0.1, 0.15) is 0 Å². The zero-order chi connectivity index (χ0) is 24.9. The van der Waals surface area contributed by atoms with Crippen molar-refractivity contribution in [2.45, 2.75) is 0 Å². The third-order valence-corrected chi connectivity index (χ3v) is 7.64. The van der Waals surface area contributed by atoms with Gasteiger partial charge in [-0.2, -0.15) is 0 Å². The molecule has 0 unspecified atom stereocenters. The van der Waals surface area contributed by atoms with Gasteiger partial charge in [-0.15, -0.1) is 0 Å². The minimum atomic E-state index is -0.189. The number of fused-ring (bicyclic) bond motifs is 9. The van der Waals surface area contributed by atoms with E-state index < -0.39 is 0 Å². The number of benzene rings is 4. The van der Waals surface area contributed by atoms with Crippen LogP contribution in [0, 0.1) is 0 Å². The maximum absolute atomic E-state index is 14.1. The monoisotopic (exact) mass is 471 g/mol. The maximum Gasteiger partial charge on any atom is 0.199 e.